The number of rotatable bonds is 4. The summed E-state index contributed by atoms with van der Waals surface area (Å²) in [5.74, 6) is 0.904. The Labute approximate surface area is 107 Å². The quantitative estimate of drug-likeness (QED) is 0.764. The molecule has 2 aromatic carbocycles. The molecule has 0 aliphatic carbocycles. The van der Waals surface area contributed by atoms with E-state index in [-0.39, 0.29) is 0 Å². The van der Waals surface area contributed by atoms with Crippen LogP contribution >= 0.6 is 0 Å². The van der Waals surface area contributed by atoms with Crippen LogP contribution in [0.2, 0.25) is 0 Å². The number of ether oxygens (including phenoxy) is 2. The predicted molar refractivity (Wildman–Crippen MR) is 71.9 cm³/mol. The Morgan fingerprint density at radius 3 is 2.11 bits per heavy atom. The van der Waals surface area contributed by atoms with Crippen molar-refractivity contribution in [1.29, 1.82) is 0 Å². The zero-order valence-electron chi connectivity index (χ0n) is 10.4. The standard InChI is InChI=1S/C16H16O2/c1-12-2-4-13(5-3-12)14-6-8-15(9-7-14)17-10-16-11-18-16/h2-9,16H,10-11H2,1H3. The molecule has 2 aromatic rings. The van der Waals surface area contributed by atoms with Crippen LogP contribution in [0.25, 0.3) is 11.1 Å². The second kappa shape index (κ2) is 4.83. The third-order valence-corrected chi connectivity index (χ3v) is 3.08. The van der Waals surface area contributed by atoms with Crippen molar-refractivity contribution in [2.24, 2.45) is 0 Å². The minimum Gasteiger partial charge on any atom is -0.491 e. The van der Waals surface area contributed by atoms with E-state index in [0.717, 1.165) is 12.4 Å². The Morgan fingerprint density at radius 1 is 1.00 bits per heavy atom. The predicted octanol–water partition coefficient (Wildman–Crippen LogP) is 3.44. The summed E-state index contributed by atoms with van der Waals surface area (Å²) in [6.07, 6.45) is 0.307. The van der Waals surface area contributed by atoms with Gasteiger partial charge in [-0.25, -0.2) is 0 Å². The van der Waals surface area contributed by atoms with Gasteiger partial charge in [0.1, 0.15) is 18.5 Å². The van der Waals surface area contributed by atoms with Crippen molar-refractivity contribution in [2.75, 3.05) is 13.2 Å². The van der Waals surface area contributed by atoms with Crippen LogP contribution in [-0.2, 0) is 4.74 Å². The molecule has 1 unspecified atom stereocenters. The van der Waals surface area contributed by atoms with Gasteiger partial charge in [0.25, 0.3) is 0 Å². The van der Waals surface area contributed by atoms with E-state index in [9.17, 15) is 0 Å². The lowest BCUT2D eigenvalue weighted by atomic mass is 10.0. The van der Waals surface area contributed by atoms with Crippen molar-refractivity contribution in [3.63, 3.8) is 0 Å². The van der Waals surface area contributed by atoms with E-state index >= 15 is 0 Å². The first-order chi connectivity index (χ1) is 8.81. The van der Waals surface area contributed by atoms with Gasteiger partial charge in [0.05, 0.1) is 6.61 Å². The van der Waals surface area contributed by atoms with E-state index in [2.05, 4.69) is 43.3 Å². The summed E-state index contributed by atoms with van der Waals surface area (Å²) in [4.78, 5) is 0. The second-order valence-corrected chi connectivity index (χ2v) is 4.66. The minimum atomic E-state index is 0.307. The van der Waals surface area contributed by atoms with Crippen LogP contribution in [0.4, 0.5) is 0 Å². The molecule has 0 N–H and O–H groups in total. The van der Waals surface area contributed by atoms with E-state index in [1.165, 1.54) is 16.7 Å². The highest BCUT2D eigenvalue weighted by Crippen LogP contribution is 2.23. The van der Waals surface area contributed by atoms with Gasteiger partial charge in [-0.05, 0) is 30.2 Å². The lowest BCUT2D eigenvalue weighted by Crippen LogP contribution is -2.03. The molecule has 2 nitrogen and oxygen atoms in total. The summed E-state index contributed by atoms with van der Waals surface area (Å²) < 4.78 is 10.7. The Hall–Kier alpha value is -1.80. The van der Waals surface area contributed by atoms with Gasteiger partial charge >= 0.3 is 0 Å². The van der Waals surface area contributed by atoms with Crippen LogP contribution < -0.4 is 4.74 Å². The number of aryl methyl sites for hydroxylation is 1. The largest absolute Gasteiger partial charge is 0.491 e. The average Bonchev–Trinajstić information content (AvgIpc) is 3.22. The Balaban J connectivity index is 1.71. The lowest BCUT2D eigenvalue weighted by Gasteiger charge is -2.06. The molecule has 1 aliphatic heterocycles. The van der Waals surface area contributed by atoms with Gasteiger partial charge in [0, 0.05) is 0 Å². The monoisotopic (exact) mass is 240 g/mol. The Morgan fingerprint density at radius 2 is 1.56 bits per heavy atom. The summed E-state index contributed by atoms with van der Waals surface area (Å²) in [7, 11) is 0. The SMILES string of the molecule is Cc1ccc(-c2ccc(OCC3CO3)cc2)cc1. The molecule has 0 amide bonds. The van der Waals surface area contributed by atoms with Crippen molar-refractivity contribution in [1.82, 2.24) is 0 Å². The molecule has 1 fully saturated rings. The fraction of sp³-hybridized carbons (Fsp3) is 0.250. The van der Waals surface area contributed by atoms with Crippen LogP contribution in [0.5, 0.6) is 5.75 Å². The van der Waals surface area contributed by atoms with Crippen molar-refractivity contribution in [2.45, 2.75) is 13.0 Å². The number of epoxide rings is 1. The second-order valence-electron chi connectivity index (χ2n) is 4.66. The maximum absolute atomic E-state index is 5.61. The highest BCUT2D eigenvalue weighted by atomic mass is 16.6. The smallest absolute Gasteiger partial charge is 0.119 e. The third-order valence-electron chi connectivity index (χ3n) is 3.08. The summed E-state index contributed by atoms with van der Waals surface area (Å²) >= 11 is 0. The first-order valence-corrected chi connectivity index (χ1v) is 6.23. The van der Waals surface area contributed by atoms with E-state index in [1.54, 1.807) is 0 Å². The van der Waals surface area contributed by atoms with Crippen LogP contribution in [-0.4, -0.2) is 19.3 Å². The van der Waals surface area contributed by atoms with E-state index in [4.69, 9.17) is 9.47 Å². The molecule has 3 rings (SSSR count). The first kappa shape index (κ1) is 11.3. The Kier molecular flexibility index (Phi) is 3.03. The van der Waals surface area contributed by atoms with Crippen LogP contribution in [0.15, 0.2) is 48.5 Å². The van der Waals surface area contributed by atoms with Gasteiger partial charge in [-0.2, -0.15) is 0 Å². The zero-order valence-corrected chi connectivity index (χ0v) is 10.4. The van der Waals surface area contributed by atoms with Gasteiger partial charge in [-0.3, -0.25) is 0 Å². The molecule has 1 atom stereocenters. The minimum absolute atomic E-state index is 0.307. The summed E-state index contributed by atoms with van der Waals surface area (Å²) in [5, 5.41) is 0. The topological polar surface area (TPSA) is 21.8 Å². The van der Waals surface area contributed by atoms with Gasteiger partial charge in [0.15, 0.2) is 0 Å². The molecule has 1 aliphatic rings. The molecule has 0 aromatic heterocycles. The van der Waals surface area contributed by atoms with Crippen molar-refractivity contribution >= 4 is 0 Å². The van der Waals surface area contributed by atoms with E-state index in [0.29, 0.717) is 12.7 Å². The summed E-state index contributed by atoms with van der Waals surface area (Å²) in [6, 6.07) is 16.7. The molecule has 0 radical (unpaired) electrons. The van der Waals surface area contributed by atoms with Gasteiger partial charge in [0.2, 0.25) is 0 Å². The van der Waals surface area contributed by atoms with Gasteiger partial charge < -0.3 is 9.47 Å². The number of benzene rings is 2. The van der Waals surface area contributed by atoms with Gasteiger partial charge in [-0.15, -0.1) is 0 Å². The maximum atomic E-state index is 5.61. The molecule has 2 heteroatoms. The van der Waals surface area contributed by atoms with Crippen molar-refractivity contribution < 1.29 is 9.47 Å². The van der Waals surface area contributed by atoms with Crippen molar-refractivity contribution in [3.8, 4) is 16.9 Å². The van der Waals surface area contributed by atoms with Crippen molar-refractivity contribution in [3.05, 3.63) is 54.1 Å². The first-order valence-electron chi connectivity index (χ1n) is 6.23. The maximum Gasteiger partial charge on any atom is 0.119 e. The lowest BCUT2D eigenvalue weighted by molar-refractivity contribution is 0.263. The molecule has 92 valence electrons. The molecular weight excluding hydrogens is 224 g/mol. The van der Waals surface area contributed by atoms with Gasteiger partial charge in [-0.1, -0.05) is 42.0 Å². The van der Waals surface area contributed by atoms with E-state index < -0.39 is 0 Å². The molecular formula is C16H16O2. The molecule has 18 heavy (non-hydrogen) atoms. The third kappa shape index (κ3) is 2.71. The van der Waals surface area contributed by atoms with Crippen LogP contribution in [0.3, 0.4) is 0 Å². The number of hydrogen-bond donors (Lipinski definition) is 0. The Bertz CT molecular complexity index is 510. The van der Waals surface area contributed by atoms with Crippen LogP contribution in [0.1, 0.15) is 5.56 Å². The average molecular weight is 240 g/mol. The fourth-order valence-corrected chi connectivity index (χ4v) is 1.84. The highest BCUT2D eigenvalue weighted by Gasteiger charge is 2.22. The zero-order chi connectivity index (χ0) is 12.4. The molecule has 0 spiro atoms. The molecule has 0 saturated carbocycles. The van der Waals surface area contributed by atoms with E-state index in [1.807, 2.05) is 12.1 Å². The van der Waals surface area contributed by atoms with Crippen LogP contribution in [0, 0.1) is 6.92 Å². The normalized spacial score (nSPS) is 17.5. The number of hydrogen-bond acceptors (Lipinski definition) is 2. The fourth-order valence-electron chi connectivity index (χ4n) is 1.84. The molecule has 1 heterocycles. The summed E-state index contributed by atoms with van der Waals surface area (Å²) in [6.45, 7) is 3.59. The highest BCUT2D eigenvalue weighted by molar-refractivity contribution is 5.64. The molecule has 0 bridgehead atoms. The molecule has 1 saturated heterocycles. The summed E-state index contributed by atoms with van der Waals surface area (Å²) in [5.41, 5.74) is 3.73.